The van der Waals surface area contributed by atoms with Gasteiger partial charge in [-0.15, -0.1) is 0 Å². The van der Waals surface area contributed by atoms with E-state index in [9.17, 15) is 14.0 Å². The van der Waals surface area contributed by atoms with Crippen LogP contribution >= 0.6 is 11.6 Å². The molecule has 1 aromatic carbocycles. The lowest BCUT2D eigenvalue weighted by Gasteiger charge is -2.37. The van der Waals surface area contributed by atoms with Crippen LogP contribution in [0.5, 0.6) is 0 Å². The van der Waals surface area contributed by atoms with E-state index in [4.69, 9.17) is 11.6 Å². The van der Waals surface area contributed by atoms with Crippen molar-refractivity contribution in [2.24, 2.45) is 0 Å². The summed E-state index contributed by atoms with van der Waals surface area (Å²) in [6, 6.07) is 2.91. The predicted octanol–water partition coefficient (Wildman–Crippen LogP) is 2.49. The Bertz CT molecular complexity index is 565. The van der Waals surface area contributed by atoms with Crippen molar-refractivity contribution in [2.45, 2.75) is 45.3 Å². The fourth-order valence-electron chi connectivity index (χ4n) is 2.43. The molecule has 1 N–H and O–H groups in total. The molecule has 1 heterocycles. The van der Waals surface area contributed by atoms with Gasteiger partial charge in [0.15, 0.2) is 0 Å². The van der Waals surface area contributed by atoms with Crippen LogP contribution in [0.25, 0.3) is 0 Å². The van der Waals surface area contributed by atoms with Crippen LogP contribution in [-0.4, -0.2) is 28.8 Å². The third-order valence-corrected chi connectivity index (χ3v) is 4.04. The monoisotopic (exact) mass is 312 g/mol. The molecular formula is C15H18ClFN2O2. The number of rotatable bonds is 4. The molecule has 1 aliphatic heterocycles. The van der Waals surface area contributed by atoms with Crippen molar-refractivity contribution in [3.63, 3.8) is 0 Å². The van der Waals surface area contributed by atoms with Gasteiger partial charge in [-0.05, 0) is 37.1 Å². The van der Waals surface area contributed by atoms with Crippen LogP contribution in [0.15, 0.2) is 18.2 Å². The summed E-state index contributed by atoms with van der Waals surface area (Å²) in [5.41, 5.74) is 0.502. The zero-order valence-electron chi connectivity index (χ0n) is 12.0. The highest BCUT2D eigenvalue weighted by atomic mass is 35.5. The molecule has 0 aliphatic carbocycles. The van der Waals surface area contributed by atoms with Crippen LogP contribution in [0, 0.1) is 5.82 Å². The molecular weight excluding hydrogens is 295 g/mol. The van der Waals surface area contributed by atoms with Gasteiger partial charge in [0.05, 0.1) is 0 Å². The van der Waals surface area contributed by atoms with E-state index in [1.165, 1.54) is 23.1 Å². The highest BCUT2D eigenvalue weighted by Gasteiger charge is 2.37. The molecule has 1 aromatic rings. The Morgan fingerprint density at radius 2 is 2.10 bits per heavy atom. The molecule has 6 heteroatoms. The molecule has 0 radical (unpaired) electrons. The Hall–Kier alpha value is -1.62. The first-order valence-corrected chi connectivity index (χ1v) is 7.36. The number of nitrogens with one attached hydrogen (secondary N) is 1. The fourth-order valence-corrected chi connectivity index (χ4v) is 2.61. The van der Waals surface area contributed by atoms with Crippen LogP contribution < -0.4 is 5.32 Å². The number of hydrogen-bond acceptors (Lipinski definition) is 2. The summed E-state index contributed by atoms with van der Waals surface area (Å²) in [5.74, 6) is -0.758. The maximum Gasteiger partial charge on any atom is 0.246 e. The van der Waals surface area contributed by atoms with Gasteiger partial charge in [0.25, 0.3) is 0 Å². The lowest BCUT2D eigenvalue weighted by Crippen LogP contribution is -2.61. The zero-order chi connectivity index (χ0) is 15.6. The number of carbonyl (C=O) groups is 2. The second-order valence-electron chi connectivity index (χ2n) is 5.23. The van der Waals surface area contributed by atoms with Crippen molar-refractivity contribution in [3.8, 4) is 0 Å². The largest absolute Gasteiger partial charge is 0.343 e. The Morgan fingerprint density at radius 3 is 2.76 bits per heavy atom. The highest BCUT2D eigenvalue weighted by molar-refractivity contribution is 6.31. The third kappa shape index (κ3) is 3.35. The smallest absolute Gasteiger partial charge is 0.246 e. The number of hydrogen-bond donors (Lipinski definition) is 1. The van der Waals surface area contributed by atoms with E-state index in [2.05, 4.69) is 5.32 Å². The third-order valence-electron chi connectivity index (χ3n) is 3.67. The molecule has 0 aromatic heterocycles. The van der Waals surface area contributed by atoms with Crippen LogP contribution in [-0.2, 0) is 16.1 Å². The van der Waals surface area contributed by atoms with Gasteiger partial charge >= 0.3 is 0 Å². The Morgan fingerprint density at radius 1 is 1.38 bits per heavy atom. The number of nitrogens with zero attached hydrogens (tertiary/aromatic N) is 1. The normalized spacial score (nSPS) is 22.4. The zero-order valence-corrected chi connectivity index (χ0v) is 12.8. The first-order chi connectivity index (χ1) is 9.93. The molecule has 4 nitrogen and oxygen atoms in total. The van der Waals surface area contributed by atoms with Gasteiger partial charge in [-0.3, -0.25) is 9.59 Å². The van der Waals surface area contributed by atoms with E-state index >= 15 is 0 Å². The van der Waals surface area contributed by atoms with Crippen LogP contribution in [0.1, 0.15) is 32.3 Å². The molecule has 1 aliphatic rings. The number of piperazine rings is 1. The van der Waals surface area contributed by atoms with Crippen molar-refractivity contribution in [3.05, 3.63) is 34.6 Å². The number of carbonyl (C=O) groups excluding carboxylic acids is 2. The second-order valence-corrected chi connectivity index (χ2v) is 5.63. The average molecular weight is 313 g/mol. The van der Waals surface area contributed by atoms with Crippen LogP contribution in [0.2, 0.25) is 5.02 Å². The second kappa shape index (κ2) is 6.43. The van der Waals surface area contributed by atoms with Gasteiger partial charge in [-0.1, -0.05) is 24.9 Å². The Labute approximate surface area is 128 Å². The molecule has 2 rings (SSSR count). The lowest BCUT2D eigenvalue weighted by molar-refractivity contribution is -0.149. The highest BCUT2D eigenvalue weighted by Crippen LogP contribution is 2.22. The molecule has 1 saturated heterocycles. The fraction of sp³-hybridized carbons (Fsp3) is 0.467. The Balaban J connectivity index is 2.25. The molecule has 2 amide bonds. The number of benzene rings is 1. The molecule has 2 atom stereocenters. The molecule has 0 saturated carbocycles. The van der Waals surface area contributed by atoms with E-state index in [1.807, 2.05) is 6.92 Å². The van der Waals surface area contributed by atoms with Gasteiger partial charge in [0.1, 0.15) is 17.9 Å². The maximum absolute atomic E-state index is 13.3. The van der Waals surface area contributed by atoms with E-state index in [0.717, 1.165) is 6.42 Å². The maximum atomic E-state index is 13.3. The first kappa shape index (κ1) is 15.8. The quantitative estimate of drug-likeness (QED) is 0.928. The predicted molar refractivity (Wildman–Crippen MR) is 78.3 cm³/mol. The van der Waals surface area contributed by atoms with Crippen molar-refractivity contribution in [2.75, 3.05) is 0 Å². The SMILES string of the molecule is CCCC1NC(=O)C(C)N(Cc2cc(F)ccc2Cl)C1=O. The first-order valence-electron chi connectivity index (χ1n) is 6.98. The summed E-state index contributed by atoms with van der Waals surface area (Å²) in [6.07, 6.45) is 1.38. The Kier molecular flexibility index (Phi) is 4.83. The molecule has 0 bridgehead atoms. The summed E-state index contributed by atoms with van der Waals surface area (Å²) >= 11 is 6.04. The number of halogens is 2. The van der Waals surface area contributed by atoms with Crippen molar-refractivity contribution in [1.82, 2.24) is 10.2 Å². The molecule has 0 spiro atoms. The lowest BCUT2D eigenvalue weighted by atomic mass is 10.0. The van der Waals surface area contributed by atoms with Crippen LogP contribution in [0.3, 0.4) is 0 Å². The van der Waals surface area contributed by atoms with Gasteiger partial charge in [0.2, 0.25) is 11.8 Å². The topological polar surface area (TPSA) is 49.4 Å². The van der Waals surface area contributed by atoms with Gasteiger partial charge in [-0.25, -0.2) is 4.39 Å². The summed E-state index contributed by atoms with van der Waals surface area (Å²) in [7, 11) is 0. The standard InChI is InChI=1S/C15H18ClFN2O2/c1-3-4-13-15(21)19(9(2)14(20)18-13)8-10-7-11(17)5-6-12(10)16/h5-7,9,13H,3-4,8H2,1-2H3,(H,18,20). The summed E-state index contributed by atoms with van der Waals surface area (Å²) < 4.78 is 13.3. The van der Waals surface area contributed by atoms with Gasteiger partial charge in [-0.2, -0.15) is 0 Å². The van der Waals surface area contributed by atoms with Crippen LogP contribution in [0.4, 0.5) is 4.39 Å². The molecule has 2 unspecified atom stereocenters. The summed E-state index contributed by atoms with van der Waals surface area (Å²) in [5, 5.41) is 3.11. The molecule has 1 fully saturated rings. The minimum absolute atomic E-state index is 0.129. The van der Waals surface area contributed by atoms with Crippen molar-refractivity contribution >= 4 is 23.4 Å². The van der Waals surface area contributed by atoms with Crippen molar-refractivity contribution < 1.29 is 14.0 Å². The van der Waals surface area contributed by atoms with Crippen molar-refractivity contribution in [1.29, 1.82) is 0 Å². The van der Waals surface area contributed by atoms with Gasteiger partial charge in [0, 0.05) is 11.6 Å². The minimum Gasteiger partial charge on any atom is -0.343 e. The molecule has 114 valence electrons. The van der Waals surface area contributed by atoms with E-state index in [0.29, 0.717) is 17.0 Å². The summed E-state index contributed by atoms with van der Waals surface area (Å²) in [4.78, 5) is 25.9. The number of amides is 2. The van der Waals surface area contributed by atoms with E-state index < -0.39 is 17.9 Å². The van der Waals surface area contributed by atoms with E-state index in [-0.39, 0.29) is 18.4 Å². The summed E-state index contributed by atoms with van der Waals surface area (Å²) in [6.45, 7) is 3.73. The average Bonchev–Trinajstić information content (AvgIpc) is 2.44. The van der Waals surface area contributed by atoms with Gasteiger partial charge < -0.3 is 10.2 Å². The van der Waals surface area contributed by atoms with E-state index in [1.54, 1.807) is 6.92 Å². The minimum atomic E-state index is -0.593. The molecule has 21 heavy (non-hydrogen) atoms.